The lowest BCUT2D eigenvalue weighted by Gasteiger charge is -2.26. The smallest absolute Gasteiger partial charge is 0.0994 e. The first kappa shape index (κ1) is 14.2. The Morgan fingerprint density at radius 1 is 1.35 bits per heavy atom. The topological polar surface area (TPSA) is 41.5 Å². The van der Waals surface area contributed by atoms with Crippen LogP contribution in [0.25, 0.3) is 0 Å². The van der Waals surface area contributed by atoms with E-state index in [-0.39, 0.29) is 0 Å². The van der Waals surface area contributed by atoms with Crippen LogP contribution in [-0.2, 0) is 10.3 Å². The molecular weight excluding hydrogens is 214 g/mol. The Balaban J connectivity index is 2.71. The van der Waals surface area contributed by atoms with Crippen molar-refractivity contribution in [1.29, 1.82) is 0 Å². The monoisotopic (exact) mass is 237 g/mol. The molecule has 0 bridgehead atoms. The van der Waals surface area contributed by atoms with Crippen LogP contribution >= 0.6 is 0 Å². The molecule has 0 amide bonds. The molecule has 0 spiro atoms. The Morgan fingerprint density at radius 2 is 2.06 bits per heavy atom. The quantitative estimate of drug-likeness (QED) is 0.741. The lowest BCUT2D eigenvalue weighted by molar-refractivity contribution is 0.0543. The molecule has 0 aliphatic carbocycles. The van der Waals surface area contributed by atoms with Crippen LogP contribution in [0.1, 0.15) is 23.6 Å². The zero-order chi connectivity index (χ0) is 12.9. The van der Waals surface area contributed by atoms with E-state index in [1.807, 2.05) is 32.9 Å². The van der Waals surface area contributed by atoms with Gasteiger partial charge in [-0.05, 0) is 31.9 Å². The molecule has 17 heavy (non-hydrogen) atoms. The highest BCUT2D eigenvalue weighted by Gasteiger charge is 2.24. The number of aliphatic hydroxyl groups is 1. The maximum atomic E-state index is 10.5. The Morgan fingerprint density at radius 3 is 2.71 bits per heavy atom. The van der Waals surface area contributed by atoms with Crippen LogP contribution in [0.4, 0.5) is 0 Å². The van der Waals surface area contributed by atoms with Gasteiger partial charge >= 0.3 is 0 Å². The summed E-state index contributed by atoms with van der Waals surface area (Å²) in [6.07, 6.45) is 0. The highest BCUT2D eigenvalue weighted by Crippen LogP contribution is 2.24. The number of nitrogens with one attached hydrogen (secondary N) is 1. The van der Waals surface area contributed by atoms with Crippen molar-refractivity contribution in [2.24, 2.45) is 0 Å². The van der Waals surface area contributed by atoms with Gasteiger partial charge in [-0.2, -0.15) is 0 Å². The normalized spacial score (nSPS) is 14.6. The van der Waals surface area contributed by atoms with Gasteiger partial charge in [0.2, 0.25) is 0 Å². The summed E-state index contributed by atoms with van der Waals surface area (Å²) in [6, 6.07) is 6.16. The van der Waals surface area contributed by atoms with Crippen molar-refractivity contribution in [3.05, 3.63) is 34.9 Å². The van der Waals surface area contributed by atoms with E-state index in [0.717, 1.165) is 17.7 Å². The highest BCUT2D eigenvalue weighted by molar-refractivity contribution is 5.34. The predicted octanol–water partition coefficient (Wildman–Crippen LogP) is 1.75. The molecule has 0 saturated heterocycles. The molecular formula is C14H23NO2. The molecule has 0 aliphatic heterocycles. The van der Waals surface area contributed by atoms with Crippen LogP contribution in [0.2, 0.25) is 0 Å². The highest BCUT2D eigenvalue weighted by atomic mass is 16.5. The third-order valence-corrected chi connectivity index (χ3v) is 2.93. The first-order valence-electron chi connectivity index (χ1n) is 5.97. The molecule has 0 radical (unpaired) electrons. The summed E-state index contributed by atoms with van der Waals surface area (Å²) in [6.45, 7) is 7.84. The number of hydrogen-bond acceptors (Lipinski definition) is 3. The van der Waals surface area contributed by atoms with Gasteiger partial charge in [-0.15, -0.1) is 0 Å². The van der Waals surface area contributed by atoms with E-state index in [4.69, 9.17) is 4.74 Å². The van der Waals surface area contributed by atoms with Crippen molar-refractivity contribution in [2.75, 3.05) is 26.8 Å². The molecule has 1 aromatic carbocycles. The summed E-state index contributed by atoms with van der Waals surface area (Å²) in [7, 11) is 1.67. The lowest BCUT2D eigenvalue weighted by Crippen LogP contribution is -2.37. The molecule has 3 heteroatoms. The van der Waals surface area contributed by atoms with E-state index in [0.29, 0.717) is 13.2 Å². The van der Waals surface area contributed by atoms with Crippen LogP contribution < -0.4 is 5.32 Å². The molecule has 96 valence electrons. The van der Waals surface area contributed by atoms with Crippen LogP contribution in [0.3, 0.4) is 0 Å². The number of ether oxygens (including phenoxy) is 1. The summed E-state index contributed by atoms with van der Waals surface area (Å²) in [4.78, 5) is 0. The third-order valence-electron chi connectivity index (χ3n) is 2.93. The molecule has 1 rings (SSSR count). The number of rotatable bonds is 6. The fraction of sp³-hybridized carbons (Fsp3) is 0.571. The van der Waals surface area contributed by atoms with Gasteiger partial charge in [0, 0.05) is 20.2 Å². The number of benzene rings is 1. The molecule has 1 aromatic rings. The van der Waals surface area contributed by atoms with Crippen LogP contribution in [0.15, 0.2) is 18.2 Å². The van der Waals surface area contributed by atoms with Crippen LogP contribution in [0.5, 0.6) is 0 Å². The summed E-state index contributed by atoms with van der Waals surface area (Å²) in [5.74, 6) is 0. The maximum absolute atomic E-state index is 10.5. The Labute approximate surface area is 104 Å². The van der Waals surface area contributed by atoms with Crippen LogP contribution in [-0.4, -0.2) is 31.9 Å². The van der Waals surface area contributed by atoms with Gasteiger partial charge in [-0.25, -0.2) is 0 Å². The van der Waals surface area contributed by atoms with E-state index in [9.17, 15) is 5.11 Å². The standard InChI is InChI=1S/C14H23NO2/c1-11-5-6-12(2)13(9-11)14(3,16)10-15-7-8-17-4/h5-6,9,15-16H,7-8,10H2,1-4H3. The van der Waals surface area contributed by atoms with Gasteiger partial charge in [-0.1, -0.05) is 23.8 Å². The second-order valence-electron chi connectivity index (χ2n) is 4.76. The summed E-state index contributed by atoms with van der Waals surface area (Å²) < 4.78 is 4.96. The van der Waals surface area contributed by atoms with E-state index in [1.165, 1.54) is 5.56 Å². The fourth-order valence-electron chi connectivity index (χ4n) is 1.92. The summed E-state index contributed by atoms with van der Waals surface area (Å²) in [5.41, 5.74) is 2.43. The predicted molar refractivity (Wildman–Crippen MR) is 70.2 cm³/mol. The molecule has 0 aliphatic rings. The van der Waals surface area contributed by atoms with Crippen molar-refractivity contribution in [3.8, 4) is 0 Å². The Hall–Kier alpha value is -0.900. The zero-order valence-electron chi connectivity index (χ0n) is 11.2. The molecule has 0 aromatic heterocycles. The first-order valence-corrected chi connectivity index (χ1v) is 5.97. The van der Waals surface area contributed by atoms with E-state index >= 15 is 0 Å². The van der Waals surface area contributed by atoms with Crippen molar-refractivity contribution in [1.82, 2.24) is 5.32 Å². The maximum Gasteiger partial charge on any atom is 0.0994 e. The summed E-state index contributed by atoms with van der Waals surface area (Å²) in [5, 5.41) is 13.7. The van der Waals surface area contributed by atoms with E-state index in [1.54, 1.807) is 7.11 Å². The molecule has 0 heterocycles. The van der Waals surface area contributed by atoms with Gasteiger partial charge in [-0.3, -0.25) is 0 Å². The molecule has 2 N–H and O–H groups in total. The largest absolute Gasteiger partial charge is 0.384 e. The van der Waals surface area contributed by atoms with Gasteiger partial charge in [0.15, 0.2) is 0 Å². The van der Waals surface area contributed by atoms with Gasteiger partial charge in [0.25, 0.3) is 0 Å². The van der Waals surface area contributed by atoms with E-state index in [2.05, 4.69) is 11.4 Å². The molecule has 3 nitrogen and oxygen atoms in total. The number of aryl methyl sites for hydroxylation is 2. The van der Waals surface area contributed by atoms with Crippen molar-refractivity contribution in [3.63, 3.8) is 0 Å². The molecule has 0 saturated carbocycles. The van der Waals surface area contributed by atoms with Crippen molar-refractivity contribution < 1.29 is 9.84 Å². The van der Waals surface area contributed by atoms with Gasteiger partial charge < -0.3 is 15.2 Å². The minimum atomic E-state index is -0.843. The first-order chi connectivity index (χ1) is 7.97. The van der Waals surface area contributed by atoms with Gasteiger partial charge in [0.1, 0.15) is 0 Å². The average Bonchev–Trinajstić information content (AvgIpc) is 2.28. The minimum absolute atomic E-state index is 0.528. The second-order valence-corrected chi connectivity index (χ2v) is 4.76. The summed E-state index contributed by atoms with van der Waals surface area (Å²) >= 11 is 0. The molecule has 0 fully saturated rings. The second kappa shape index (κ2) is 6.15. The SMILES string of the molecule is COCCNCC(C)(O)c1cc(C)ccc1C. The number of hydrogen-bond donors (Lipinski definition) is 2. The van der Waals surface area contributed by atoms with Gasteiger partial charge in [0.05, 0.1) is 12.2 Å². The fourth-order valence-corrected chi connectivity index (χ4v) is 1.92. The number of methoxy groups -OCH3 is 1. The van der Waals surface area contributed by atoms with Crippen LogP contribution in [0, 0.1) is 13.8 Å². The minimum Gasteiger partial charge on any atom is -0.384 e. The third kappa shape index (κ3) is 4.11. The van der Waals surface area contributed by atoms with Crippen molar-refractivity contribution >= 4 is 0 Å². The zero-order valence-corrected chi connectivity index (χ0v) is 11.2. The lowest BCUT2D eigenvalue weighted by atomic mass is 9.90. The Bertz CT molecular complexity index is 361. The van der Waals surface area contributed by atoms with Crippen molar-refractivity contribution in [2.45, 2.75) is 26.4 Å². The van der Waals surface area contributed by atoms with E-state index < -0.39 is 5.60 Å². The average molecular weight is 237 g/mol. The molecule has 1 unspecified atom stereocenters. The molecule has 1 atom stereocenters. The Kier molecular flexibility index (Phi) is 5.12.